The maximum atomic E-state index is 11.8. The highest BCUT2D eigenvalue weighted by Gasteiger charge is 2.15. The summed E-state index contributed by atoms with van der Waals surface area (Å²) in [5.74, 6) is 0.644. The van der Waals surface area contributed by atoms with E-state index in [9.17, 15) is 4.79 Å². The molecule has 0 N–H and O–H groups in total. The van der Waals surface area contributed by atoms with E-state index in [0.717, 1.165) is 0 Å². The van der Waals surface area contributed by atoms with Gasteiger partial charge in [0.15, 0.2) is 11.5 Å². The lowest BCUT2D eigenvalue weighted by molar-refractivity contribution is 0.0591. The molecule has 0 aliphatic rings. The van der Waals surface area contributed by atoms with Crippen molar-refractivity contribution in [2.75, 3.05) is 7.11 Å². The third kappa shape index (κ3) is 2.73. The molecule has 0 saturated carbocycles. The van der Waals surface area contributed by atoms with Crippen LogP contribution in [0.15, 0.2) is 42.5 Å². The molecule has 3 rings (SSSR count). The molecule has 0 bridgehead atoms. The van der Waals surface area contributed by atoms with Crippen molar-refractivity contribution in [2.24, 2.45) is 0 Å². The van der Waals surface area contributed by atoms with Crippen LogP contribution < -0.4 is 4.74 Å². The molecule has 7 heteroatoms. The summed E-state index contributed by atoms with van der Waals surface area (Å²) < 4.78 is 12.0. The van der Waals surface area contributed by atoms with Gasteiger partial charge in [-0.2, -0.15) is 0 Å². The molecule has 22 heavy (non-hydrogen) atoms. The molecule has 0 amide bonds. The molecule has 1 aromatic carbocycles. The van der Waals surface area contributed by atoms with E-state index >= 15 is 0 Å². The van der Waals surface area contributed by atoms with Crippen molar-refractivity contribution < 1.29 is 14.3 Å². The first-order chi connectivity index (χ1) is 10.7. The molecule has 0 radical (unpaired) electrons. The number of methoxy groups -OCH3 is 1. The lowest BCUT2D eigenvalue weighted by Gasteiger charge is -2.07. The van der Waals surface area contributed by atoms with Crippen molar-refractivity contribution in [1.29, 1.82) is 0 Å². The van der Waals surface area contributed by atoms with Crippen LogP contribution in [0, 0.1) is 0 Å². The lowest BCUT2D eigenvalue weighted by atomic mass is 10.3. The Bertz CT molecular complexity index is 832. The number of halogens is 1. The van der Waals surface area contributed by atoms with E-state index in [1.165, 1.54) is 7.11 Å². The number of rotatable bonds is 4. The van der Waals surface area contributed by atoms with E-state index in [1.807, 2.05) is 0 Å². The largest absolute Gasteiger partial charge is 0.486 e. The quantitative estimate of drug-likeness (QED) is 0.692. The maximum absolute atomic E-state index is 11.8. The van der Waals surface area contributed by atoms with E-state index in [-0.39, 0.29) is 6.61 Å². The standard InChI is InChI=1S/C15H12ClN3O3/c1-21-15(20)12-6-3-7-13-17-18-14(19(12)13)9-22-11-5-2-4-10(16)8-11/h2-8H,9H2,1H3. The van der Waals surface area contributed by atoms with Crippen molar-refractivity contribution >= 4 is 23.2 Å². The average Bonchev–Trinajstić information content (AvgIpc) is 2.95. The number of hydrogen-bond acceptors (Lipinski definition) is 5. The SMILES string of the molecule is COC(=O)c1cccc2nnc(COc3cccc(Cl)c3)n12. The summed E-state index contributed by atoms with van der Waals surface area (Å²) in [5, 5.41) is 8.66. The molecule has 0 atom stereocenters. The first kappa shape index (κ1) is 14.3. The van der Waals surface area contributed by atoms with Gasteiger partial charge in [0.25, 0.3) is 0 Å². The molecule has 112 valence electrons. The summed E-state index contributed by atoms with van der Waals surface area (Å²) in [4.78, 5) is 11.8. The van der Waals surface area contributed by atoms with Crippen LogP contribution in [0.2, 0.25) is 5.02 Å². The zero-order valence-corrected chi connectivity index (χ0v) is 12.4. The number of ether oxygens (including phenoxy) is 2. The molecule has 0 aliphatic heterocycles. The Labute approximate surface area is 131 Å². The van der Waals surface area contributed by atoms with Gasteiger partial charge in [0.05, 0.1) is 7.11 Å². The molecule has 6 nitrogen and oxygen atoms in total. The van der Waals surface area contributed by atoms with Gasteiger partial charge in [-0.25, -0.2) is 4.79 Å². The predicted molar refractivity (Wildman–Crippen MR) is 80.1 cm³/mol. The van der Waals surface area contributed by atoms with E-state index in [4.69, 9.17) is 21.1 Å². The Morgan fingerprint density at radius 1 is 1.23 bits per heavy atom. The Balaban J connectivity index is 1.92. The van der Waals surface area contributed by atoms with Gasteiger partial charge in [0, 0.05) is 5.02 Å². The normalized spacial score (nSPS) is 10.6. The van der Waals surface area contributed by atoms with Crippen molar-refractivity contribution in [3.8, 4) is 5.75 Å². The second-order valence-corrected chi connectivity index (χ2v) is 4.89. The van der Waals surface area contributed by atoms with E-state index in [2.05, 4.69) is 10.2 Å². The predicted octanol–water partition coefficient (Wildman–Crippen LogP) is 2.75. The zero-order chi connectivity index (χ0) is 15.5. The smallest absolute Gasteiger partial charge is 0.355 e. The summed E-state index contributed by atoms with van der Waals surface area (Å²) in [5.41, 5.74) is 0.891. The number of carbonyl (C=O) groups excluding carboxylic acids is 1. The van der Waals surface area contributed by atoms with Crippen LogP contribution in [0.1, 0.15) is 16.3 Å². The highest BCUT2D eigenvalue weighted by molar-refractivity contribution is 6.30. The molecular weight excluding hydrogens is 306 g/mol. The van der Waals surface area contributed by atoms with Gasteiger partial charge in [-0.15, -0.1) is 10.2 Å². The van der Waals surface area contributed by atoms with Gasteiger partial charge in [0.1, 0.15) is 18.1 Å². The number of aromatic nitrogens is 3. The highest BCUT2D eigenvalue weighted by atomic mass is 35.5. The second-order valence-electron chi connectivity index (χ2n) is 4.46. The summed E-state index contributed by atoms with van der Waals surface area (Å²) in [6.07, 6.45) is 0. The van der Waals surface area contributed by atoms with Crippen molar-refractivity contribution in [1.82, 2.24) is 14.6 Å². The minimum atomic E-state index is -0.464. The molecule has 0 aliphatic carbocycles. The summed E-state index contributed by atoms with van der Waals surface area (Å²) in [6.45, 7) is 0.148. The van der Waals surface area contributed by atoms with Crippen LogP contribution in [0.4, 0.5) is 0 Å². The number of esters is 1. The summed E-state index contributed by atoms with van der Waals surface area (Å²) in [6, 6.07) is 12.2. The molecule has 2 aromatic heterocycles. The first-order valence-corrected chi connectivity index (χ1v) is 6.86. The second kappa shape index (κ2) is 6.03. The fourth-order valence-corrected chi connectivity index (χ4v) is 2.24. The third-order valence-corrected chi connectivity index (χ3v) is 3.29. The molecule has 0 spiro atoms. The van der Waals surface area contributed by atoms with Crippen LogP contribution in [0.3, 0.4) is 0 Å². The Hall–Kier alpha value is -2.60. The number of nitrogens with zero attached hydrogens (tertiary/aromatic N) is 3. The van der Waals surface area contributed by atoms with Crippen molar-refractivity contribution in [3.63, 3.8) is 0 Å². The van der Waals surface area contributed by atoms with Crippen molar-refractivity contribution in [2.45, 2.75) is 6.61 Å². The number of hydrogen-bond donors (Lipinski definition) is 0. The van der Waals surface area contributed by atoms with E-state index in [1.54, 1.807) is 46.9 Å². The topological polar surface area (TPSA) is 65.7 Å². The lowest BCUT2D eigenvalue weighted by Crippen LogP contribution is -2.11. The fourth-order valence-electron chi connectivity index (χ4n) is 2.06. The van der Waals surface area contributed by atoms with Gasteiger partial charge in [-0.3, -0.25) is 4.40 Å². The first-order valence-electron chi connectivity index (χ1n) is 6.49. The highest BCUT2D eigenvalue weighted by Crippen LogP contribution is 2.18. The Kier molecular flexibility index (Phi) is 3.93. The van der Waals surface area contributed by atoms with E-state index in [0.29, 0.717) is 27.9 Å². The van der Waals surface area contributed by atoms with Crippen LogP contribution in [0.25, 0.3) is 5.65 Å². The van der Waals surface area contributed by atoms with Gasteiger partial charge in [0.2, 0.25) is 0 Å². The number of benzene rings is 1. The summed E-state index contributed by atoms with van der Waals surface area (Å²) in [7, 11) is 1.33. The maximum Gasteiger partial charge on any atom is 0.355 e. The number of carbonyl (C=O) groups is 1. The van der Waals surface area contributed by atoms with Crippen LogP contribution in [-0.2, 0) is 11.3 Å². The van der Waals surface area contributed by atoms with Crippen LogP contribution >= 0.6 is 11.6 Å². The Morgan fingerprint density at radius 3 is 2.82 bits per heavy atom. The molecule has 0 unspecified atom stereocenters. The number of pyridine rings is 1. The van der Waals surface area contributed by atoms with E-state index < -0.39 is 5.97 Å². The minimum Gasteiger partial charge on any atom is -0.486 e. The molecule has 2 heterocycles. The molecule has 3 aromatic rings. The third-order valence-electron chi connectivity index (χ3n) is 3.05. The molecule has 0 saturated heterocycles. The van der Waals surface area contributed by atoms with Gasteiger partial charge >= 0.3 is 5.97 Å². The average molecular weight is 318 g/mol. The summed E-state index contributed by atoms with van der Waals surface area (Å²) >= 11 is 5.91. The van der Waals surface area contributed by atoms with Gasteiger partial charge in [-0.05, 0) is 30.3 Å². The monoisotopic (exact) mass is 317 g/mol. The fraction of sp³-hybridized carbons (Fsp3) is 0.133. The minimum absolute atomic E-state index is 0.148. The zero-order valence-electron chi connectivity index (χ0n) is 11.7. The van der Waals surface area contributed by atoms with Crippen LogP contribution in [-0.4, -0.2) is 27.7 Å². The van der Waals surface area contributed by atoms with Crippen LogP contribution in [0.5, 0.6) is 5.75 Å². The number of fused-ring (bicyclic) bond motifs is 1. The molecular formula is C15H12ClN3O3. The van der Waals surface area contributed by atoms with Crippen molar-refractivity contribution in [3.05, 3.63) is 59.0 Å². The van der Waals surface area contributed by atoms with Gasteiger partial charge < -0.3 is 9.47 Å². The Morgan fingerprint density at radius 2 is 2.05 bits per heavy atom. The molecule has 0 fully saturated rings. The van der Waals surface area contributed by atoms with Gasteiger partial charge in [-0.1, -0.05) is 23.7 Å².